The fraction of sp³-hybridized carbons (Fsp3) is 0.615. The van der Waals surface area contributed by atoms with E-state index in [1.807, 2.05) is 19.2 Å². The van der Waals surface area contributed by atoms with Crippen molar-refractivity contribution in [3.05, 3.63) is 24.0 Å². The van der Waals surface area contributed by atoms with E-state index in [1.165, 1.54) is 0 Å². The van der Waals surface area contributed by atoms with Gasteiger partial charge in [0.1, 0.15) is 0 Å². The fourth-order valence-corrected chi connectivity index (χ4v) is 1.67. The second-order valence-electron chi connectivity index (χ2n) is 4.94. The molecule has 0 saturated carbocycles. The molecule has 0 radical (unpaired) electrons. The lowest BCUT2D eigenvalue weighted by Crippen LogP contribution is -2.36. The second kappa shape index (κ2) is 5.85. The summed E-state index contributed by atoms with van der Waals surface area (Å²) in [6.07, 6.45) is 1.85. The van der Waals surface area contributed by atoms with Gasteiger partial charge >= 0.3 is 0 Å². The quantitative estimate of drug-likeness (QED) is 0.827. The molecule has 1 rings (SSSR count). The molecule has 1 N–H and O–H groups in total. The predicted octanol–water partition coefficient (Wildman–Crippen LogP) is 2.39. The Morgan fingerprint density at radius 3 is 2.56 bits per heavy atom. The molecule has 90 valence electrons. The van der Waals surface area contributed by atoms with Crippen LogP contribution >= 0.6 is 0 Å². The molecule has 1 unspecified atom stereocenters. The van der Waals surface area contributed by atoms with Gasteiger partial charge in [-0.25, -0.2) is 0 Å². The molecule has 0 amide bonds. The van der Waals surface area contributed by atoms with Crippen LogP contribution in [0.3, 0.4) is 0 Å². The van der Waals surface area contributed by atoms with Crippen LogP contribution in [-0.4, -0.2) is 36.6 Å². The highest BCUT2D eigenvalue weighted by molar-refractivity contribution is 5.44. The van der Waals surface area contributed by atoms with Gasteiger partial charge in [-0.05, 0) is 39.1 Å². The standard InChI is InChI=1S/C13H23N3/c1-10(2)13(9-16(4)5)15-12-6-7-14-11(3)8-12/h6-8,10,13H,9H2,1-5H3,(H,14,15). The van der Waals surface area contributed by atoms with E-state index < -0.39 is 0 Å². The van der Waals surface area contributed by atoms with Crippen LogP contribution in [0.2, 0.25) is 0 Å². The van der Waals surface area contributed by atoms with Crippen molar-refractivity contribution in [1.82, 2.24) is 9.88 Å². The molecule has 0 saturated heterocycles. The lowest BCUT2D eigenvalue weighted by Gasteiger charge is -2.26. The number of nitrogens with zero attached hydrogens (tertiary/aromatic N) is 2. The van der Waals surface area contributed by atoms with Crippen molar-refractivity contribution in [3.8, 4) is 0 Å². The van der Waals surface area contributed by atoms with Crippen LogP contribution in [0.4, 0.5) is 5.69 Å². The van der Waals surface area contributed by atoms with Crippen LogP contribution in [0.25, 0.3) is 0 Å². The van der Waals surface area contributed by atoms with Gasteiger partial charge in [-0.15, -0.1) is 0 Å². The lowest BCUT2D eigenvalue weighted by atomic mass is 10.0. The van der Waals surface area contributed by atoms with E-state index in [4.69, 9.17) is 0 Å². The monoisotopic (exact) mass is 221 g/mol. The third-order valence-corrected chi connectivity index (χ3v) is 2.62. The Hall–Kier alpha value is -1.09. The van der Waals surface area contributed by atoms with Gasteiger partial charge in [-0.3, -0.25) is 4.98 Å². The summed E-state index contributed by atoms with van der Waals surface area (Å²) < 4.78 is 0. The molecule has 0 aliphatic heterocycles. The van der Waals surface area contributed by atoms with Gasteiger partial charge in [0.15, 0.2) is 0 Å². The van der Waals surface area contributed by atoms with Crippen molar-refractivity contribution in [1.29, 1.82) is 0 Å². The summed E-state index contributed by atoms with van der Waals surface area (Å²) in [6, 6.07) is 4.58. The SMILES string of the molecule is Cc1cc(NC(CN(C)C)C(C)C)ccn1. The molecular formula is C13H23N3. The van der Waals surface area contributed by atoms with Crippen LogP contribution in [0.15, 0.2) is 18.3 Å². The topological polar surface area (TPSA) is 28.2 Å². The molecule has 1 heterocycles. The number of hydrogen-bond donors (Lipinski definition) is 1. The van der Waals surface area contributed by atoms with Crippen molar-refractivity contribution >= 4 is 5.69 Å². The number of aromatic nitrogens is 1. The second-order valence-corrected chi connectivity index (χ2v) is 4.94. The average Bonchev–Trinajstić information content (AvgIpc) is 2.15. The van der Waals surface area contributed by atoms with Gasteiger partial charge in [0.05, 0.1) is 0 Å². The van der Waals surface area contributed by atoms with E-state index in [0.29, 0.717) is 12.0 Å². The summed E-state index contributed by atoms with van der Waals surface area (Å²) in [5.74, 6) is 0.607. The molecule has 3 heteroatoms. The molecule has 1 atom stereocenters. The number of pyridine rings is 1. The summed E-state index contributed by atoms with van der Waals surface area (Å²) in [7, 11) is 4.21. The molecule has 1 aromatic heterocycles. The third kappa shape index (κ3) is 4.19. The van der Waals surface area contributed by atoms with Gasteiger partial charge in [0.25, 0.3) is 0 Å². The first kappa shape index (κ1) is 13.0. The van der Waals surface area contributed by atoms with E-state index in [-0.39, 0.29) is 0 Å². The summed E-state index contributed by atoms with van der Waals surface area (Å²) in [6.45, 7) is 7.55. The van der Waals surface area contributed by atoms with Crippen LogP contribution < -0.4 is 5.32 Å². The highest BCUT2D eigenvalue weighted by atomic mass is 15.1. The lowest BCUT2D eigenvalue weighted by molar-refractivity contribution is 0.344. The van der Waals surface area contributed by atoms with Crippen molar-refractivity contribution in [2.75, 3.05) is 26.0 Å². The summed E-state index contributed by atoms with van der Waals surface area (Å²) in [4.78, 5) is 6.42. The van der Waals surface area contributed by atoms with Gasteiger partial charge in [-0.1, -0.05) is 13.8 Å². The fourth-order valence-electron chi connectivity index (χ4n) is 1.67. The zero-order chi connectivity index (χ0) is 12.1. The van der Waals surface area contributed by atoms with Crippen LogP contribution in [-0.2, 0) is 0 Å². The molecule has 0 fully saturated rings. The van der Waals surface area contributed by atoms with E-state index >= 15 is 0 Å². The number of rotatable bonds is 5. The van der Waals surface area contributed by atoms with Crippen molar-refractivity contribution < 1.29 is 0 Å². The van der Waals surface area contributed by atoms with E-state index in [1.54, 1.807) is 0 Å². The molecular weight excluding hydrogens is 198 g/mol. The molecule has 0 aliphatic rings. The molecule has 1 aromatic rings. The Morgan fingerprint density at radius 1 is 1.38 bits per heavy atom. The van der Waals surface area contributed by atoms with Crippen LogP contribution in [0, 0.1) is 12.8 Å². The van der Waals surface area contributed by atoms with Crippen LogP contribution in [0.1, 0.15) is 19.5 Å². The minimum atomic E-state index is 0.469. The van der Waals surface area contributed by atoms with Gasteiger partial charge < -0.3 is 10.2 Å². The summed E-state index contributed by atoms with van der Waals surface area (Å²) in [5.41, 5.74) is 2.21. The normalized spacial score (nSPS) is 13.2. The van der Waals surface area contributed by atoms with Crippen LogP contribution in [0.5, 0.6) is 0 Å². The average molecular weight is 221 g/mol. The molecule has 3 nitrogen and oxygen atoms in total. The smallest absolute Gasteiger partial charge is 0.0411 e. The Bertz CT molecular complexity index is 321. The molecule has 0 aromatic carbocycles. The zero-order valence-electron chi connectivity index (χ0n) is 11.0. The largest absolute Gasteiger partial charge is 0.381 e. The van der Waals surface area contributed by atoms with Gasteiger partial charge in [0, 0.05) is 30.2 Å². The first-order valence-electron chi connectivity index (χ1n) is 5.83. The molecule has 0 spiro atoms. The number of likely N-dealkylation sites (N-methyl/N-ethyl adjacent to an activating group) is 1. The van der Waals surface area contributed by atoms with Gasteiger partial charge in [0.2, 0.25) is 0 Å². The Labute approximate surface area is 98.9 Å². The zero-order valence-corrected chi connectivity index (χ0v) is 11.0. The Balaban J connectivity index is 2.68. The van der Waals surface area contributed by atoms with E-state index in [2.05, 4.69) is 49.2 Å². The number of anilines is 1. The highest BCUT2D eigenvalue weighted by Gasteiger charge is 2.13. The predicted molar refractivity (Wildman–Crippen MR) is 69.8 cm³/mol. The van der Waals surface area contributed by atoms with E-state index in [9.17, 15) is 0 Å². The first-order chi connectivity index (χ1) is 7.49. The Kier molecular flexibility index (Phi) is 4.74. The van der Waals surface area contributed by atoms with Crippen molar-refractivity contribution in [2.24, 2.45) is 5.92 Å². The Morgan fingerprint density at radius 2 is 2.06 bits per heavy atom. The number of nitrogens with one attached hydrogen (secondary N) is 1. The first-order valence-corrected chi connectivity index (χ1v) is 5.83. The molecule has 0 bridgehead atoms. The van der Waals surface area contributed by atoms with Crippen molar-refractivity contribution in [3.63, 3.8) is 0 Å². The minimum absolute atomic E-state index is 0.469. The summed E-state index contributed by atoms with van der Waals surface area (Å²) >= 11 is 0. The molecule has 16 heavy (non-hydrogen) atoms. The van der Waals surface area contributed by atoms with E-state index in [0.717, 1.165) is 17.9 Å². The maximum Gasteiger partial charge on any atom is 0.0411 e. The summed E-state index contributed by atoms with van der Waals surface area (Å²) in [5, 5.41) is 3.57. The maximum atomic E-state index is 4.20. The number of hydrogen-bond acceptors (Lipinski definition) is 3. The van der Waals surface area contributed by atoms with Crippen molar-refractivity contribution in [2.45, 2.75) is 26.8 Å². The third-order valence-electron chi connectivity index (χ3n) is 2.62. The highest BCUT2D eigenvalue weighted by Crippen LogP contribution is 2.13. The number of aryl methyl sites for hydroxylation is 1. The minimum Gasteiger partial charge on any atom is -0.381 e. The molecule has 0 aliphatic carbocycles. The maximum absolute atomic E-state index is 4.20. The van der Waals surface area contributed by atoms with Gasteiger partial charge in [-0.2, -0.15) is 0 Å².